The van der Waals surface area contributed by atoms with Crippen molar-refractivity contribution in [3.05, 3.63) is 29.8 Å². The summed E-state index contributed by atoms with van der Waals surface area (Å²) in [6.07, 6.45) is -0.431. The Morgan fingerprint density at radius 1 is 1.23 bits per heavy atom. The van der Waals surface area contributed by atoms with E-state index in [1.54, 1.807) is 18.2 Å². The normalized spacial score (nSPS) is 13.3. The van der Waals surface area contributed by atoms with Crippen molar-refractivity contribution in [3.8, 4) is 5.75 Å². The van der Waals surface area contributed by atoms with Crippen LogP contribution in [0.5, 0.6) is 5.75 Å². The van der Waals surface area contributed by atoms with Crippen LogP contribution in [0, 0.1) is 0 Å². The molecule has 2 atom stereocenters. The van der Waals surface area contributed by atoms with Crippen molar-refractivity contribution in [2.24, 2.45) is 5.73 Å². The summed E-state index contributed by atoms with van der Waals surface area (Å²) in [6, 6.07) is 5.05. The van der Waals surface area contributed by atoms with Gasteiger partial charge in [0, 0.05) is 6.26 Å². The number of nitrogens with two attached hydrogens (primary N) is 1. The average molecular weight is 386 g/mol. The van der Waals surface area contributed by atoms with Crippen LogP contribution in [0.1, 0.15) is 23.7 Å². The van der Waals surface area contributed by atoms with Crippen molar-refractivity contribution in [3.63, 3.8) is 0 Å². The highest BCUT2D eigenvalue weighted by Gasteiger charge is 2.27. The minimum absolute atomic E-state index is 0.162. The van der Waals surface area contributed by atoms with Gasteiger partial charge in [-0.25, -0.2) is 13.2 Å². The maximum absolute atomic E-state index is 12.4. The fourth-order valence-corrected chi connectivity index (χ4v) is 2.63. The number of sulfone groups is 1. The third-order valence-corrected chi connectivity index (χ3v) is 4.39. The number of hydrogen-bond donors (Lipinski definition) is 2. The Morgan fingerprint density at radius 3 is 2.38 bits per heavy atom. The Hall–Kier alpha value is -2.62. The molecule has 0 heterocycles. The van der Waals surface area contributed by atoms with Crippen molar-refractivity contribution in [2.75, 3.05) is 19.1 Å². The van der Waals surface area contributed by atoms with E-state index in [0.29, 0.717) is 0 Å². The van der Waals surface area contributed by atoms with Crippen LogP contribution in [0.15, 0.2) is 24.3 Å². The third kappa shape index (κ3) is 6.71. The van der Waals surface area contributed by atoms with Crippen LogP contribution in [0.25, 0.3) is 0 Å². The van der Waals surface area contributed by atoms with Crippen LogP contribution < -0.4 is 15.8 Å². The number of hydrogen-bond acceptors (Lipinski definition) is 7. The molecular formula is C16H22N2O7S. The van der Waals surface area contributed by atoms with Crippen molar-refractivity contribution in [1.29, 1.82) is 0 Å². The minimum atomic E-state index is -3.39. The predicted octanol–water partition coefficient (Wildman–Crippen LogP) is -0.355. The molecule has 10 heteroatoms. The first kappa shape index (κ1) is 21.4. The Bertz CT molecular complexity index is 777. The van der Waals surface area contributed by atoms with Crippen molar-refractivity contribution < 1.29 is 32.3 Å². The molecule has 2 amide bonds. The number of esters is 1. The summed E-state index contributed by atoms with van der Waals surface area (Å²) < 4.78 is 32.7. The van der Waals surface area contributed by atoms with E-state index in [0.717, 1.165) is 6.26 Å². The molecule has 0 aliphatic heterocycles. The third-order valence-electron chi connectivity index (χ3n) is 3.41. The zero-order valence-corrected chi connectivity index (χ0v) is 15.5. The zero-order valence-electron chi connectivity index (χ0n) is 14.7. The molecule has 9 nitrogen and oxygen atoms in total. The fourth-order valence-electron chi connectivity index (χ4n) is 1.96. The maximum Gasteiger partial charge on any atom is 0.329 e. The van der Waals surface area contributed by atoms with Crippen molar-refractivity contribution in [2.45, 2.75) is 25.5 Å². The second-order valence-electron chi connectivity index (χ2n) is 5.63. The first-order valence-electron chi connectivity index (χ1n) is 7.66. The van der Waals surface area contributed by atoms with Gasteiger partial charge < -0.3 is 20.5 Å². The van der Waals surface area contributed by atoms with Crippen LogP contribution in [-0.2, 0) is 24.2 Å². The molecule has 0 unspecified atom stereocenters. The van der Waals surface area contributed by atoms with Gasteiger partial charge in [0.15, 0.2) is 6.10 Å². The first-order valence-corrected chi connectivity index (χ1v) is 9.72. The lowest BCUT2D eigenvalue weighted by Gasteiger charge is -2.19. The summed E-state index contributed by atoms with van der Waals surface area (Å²) in [4.78, 5) is 35.7. The van der Waals surface area contributed by atoms with E-state index in [1.165, 1.54) is 20.1 Å². The van der Waals surface area contributed by atoms with Gasteiger partial charge in [-0.3, -0.25) is 9.59 Å². The van der Waals surface area contributed by atoms with E-state index in [-0.39, 0.29) is 23.5 Å². The largest absolute Gasteiger partial charge is 0.496 e. The van der Waals surface area contributed by atoms with E-state index in [2.05, 4.69) is 5.32 Å². The van der Waals surface area contributed by atoms with Crippen molar-refractivity contribution >= 4 is 27.6 Å². The van der Waals surface area contributed by atoms with Crippen LogP contribution in [0.3, 0.4) is 0 Å². The number of carbonyl (C=O) groups is 3. The van der Waals surface area contributed by atoms with Crippen LogP contribution in [-0.4, -0.2) is 57.5 Å². The van der Waals surface area contributed by atoms with Crippen LogP contribution in [0.2, 0.25) is 0 Å². The van der Waals surface area contributed by atoms with Gasteiger partial charge >= 0.3 is 5.97 Å². The summed E-state index contributed by atoms with van der Waals surface area (Å²) in [7, 11) is -2.00. The lowest BCUT2D eigenvalue weighted by atomic mass is 10.1. The molecule has 0 spiro atoms. The Balaban J connectivity index is 2.98. The van der Waals surface area contributed by atoms with E-state index in [1.807, 2.05) is 0 Å². The SMILES string of the molecule is COc1ccccc1C(=O)N[C@@H](CCS(C)(=O)=O)C(=O)O[C@@H](C)C(N)=O. The molecule has 1 rings (SSSR count). The predicted molar refractivity (Wildman–Crippen MR) is 93.3 cm³/mol. The molecule has 0 saturated carbocycles. The average Bonchev–Trinajstić information content (AvgIpc) is 2.57. The van der Waals surface area contributed by atoms with Crippen LogP contribution >= 0.6 is 0 Å². The molecule has 0 saturated heterocycles. The summed E-state index contributed by atoms with van der Waals surface area (Å²) in [5, 5.41) is 2.41. The maximum atomic E-state index is 12.4. The van der Waals surface area contributed by atoms with E-state index >= 15 is 0 Å². The topological polar surface area (TPSA) is 142 Å². The molecule has 0 aliphatic carbocycles. The van der Waals surface area contributed by atoms with Gasteiger partial charge in [0.1, 0.15) is 21.6 Å². The summed E-state index contributed by atoms with van der Waals surface area (Å²) in [5.74, 6) is -2.54. The molecule has 0 aliphatic rings. The van der Waals surface area contributed by atoms with Gasteiger partial charge in [0.25, 0.3) is 11.8 Å². The van der Waals surface area contributed by atoms with Gasteiger partial charge in [-0.15, -0.1) is 0 Å². The second-order valence-corrected chi connectivity index (χ2v) is 7.89. The number of para-hydroxylation sites is 1. The second kappa shape index (κ2) is 9.18. The fraction of sp³-hybridized carbons (Fsp3) is 0.438. The number of methoxy groups -OCH3 is 1. The molecule has 1 aromatic rings. The number of nitrogens with one attached hydrogen (secondary N) is 1. The highest BCUT2D eigenvalue weighted by atomic mass is 32.2. The van der Waals surface area contributed by atoms with Gasteiger partial charge in [0.2, 0.25) is 0 Å². The van der Waals surface area contributed by atoms with Gasteiger partial charge in [-0.1, -0.05) is 12.1 Å². The number of ether oxygens (including phenoxy) is 2. The standard InChI is InChI=1S/C16H22N2O7S/c1-10(14(17)19)25-16(21)12(8-9-26(3,22)23)18-15(20)11-6-4-5-7-13(11)24-2/h4-7,10,12H,8-9H2,1-3H3,(H2,17,19)(H,18,20)/t10-,12-/m0/s1. The Morgan fingerprint density at radius 2 is 1.85 bits per heavy atom. The zero-order chi connectivity index (χ0) is 19.9. The number of primary amides is 1. The smallest absolute Gasteiger partial charge is 0.329 e. The molecular weight excluding hydrogens is 364 g/mol. The lowest BCUT2D eigenvalue weighted by molar-refractivity contribution is -0.155. The van der Waals surface area contributed by atoms with Crippen molar-refractivity contribution in [1.82, 2.24) is 5.32 Å². The summed E-state index contributed by atoms with van der Waals surface area (Å²) in [6.45, 7) is 1.27. The minimum Gasteiger partial charge on any atom is -0.496 e. The van der Waals surface area contributed by atoms with Crippen LogP contribution in [0.4, 0.5) is 0 Å². The molecule has 0 bridgehead atoms. The monoisotopic (exact) mass is 386 g/mol. The number of benzene rings is 1. The molecule has 0 radical (unpaired) electrons. The van der Waals surface area contributed by atoms with E-state index < -0.39 is 39.8 Å². The van der Waals surface area contributed by atoms with E-state index in [4.69, 9.17) is 15.2 Å². The van der Waals surface area contributed by atoms with Gasteiger partial charge in [-0.2, -0.15) is 0 Å². The first-order chi connectivity index (χ1) is 12.0. The molecule has 144 valence electrons. The van der Waals surface area contributed by atoms with E-state index in [9.17, 15) is 22.8 Å². The Labute approximate surface area is 151 Å². The quantitative estimate of drug-likeness (QED) is 0.552. The molecule has 0 fully saturated rings. The highest BCUT2D eigenvalue weighted by Crippen LogP contribution is 2.17. The molecule has 1 aromatic carbocycles. The molecule has 3 N–H and O–H groups in total. The molecule has 26 heavy (non-hydrogen) atoms. The number of carbonyl (C=O) groups excluding carboxylic acids is 3. The molecule has 0 aromatic heterocycles. The highest BCUT2D eigenvalue weighted by molar-refractivity contribution is 7.90. The summed E-state index contributed by atoms with van der Waals surface area (Å²) >= 11 is 0. The summed E-state index contributed by atoms with van der Waals surface area (Å²) in [5.41, 5.74) is 5.20. The Kier molecular flexibility index (Phi) is 7.56. The number of rotatable bonds is 9. The lowest BCUT2D eigenvalue weighted by Crippen LogP contribution is -2.45. The van der Waals surface area contributed by atoms with Gasteiger partial charge in [0.05, 0.1) is 18.4 Å². The number of amides is 2. The van der Waals surface area contributed by atoms with Gasteiger partial charge in [-0.05, 0) is 25.5 Å².